The van der Waals surface area contributed by atoms with Gasteiger partial charge in [-0.25, -0.2) is 0 Å². The van der Waals surface area contributed by atoms with Crippen LogP contribution in [-0.4, -0.2) is 47.1 Å². The van der Waals surface area contributed by atoms with Gasteiger partial charge in [0.05, 0.1) is 5.41 Å². The zero-order valence-electron chi connectivity index (χ0n) is 20.1. The van der Waals surface area contributed by atoms with E-state index in [4.69, 9.17) is 0 Å². The van der Waals surface area contributed by atoms with E-state index >= 15 is 0 Å². The fourth-order valence-corrected chi connectivity index (χ4v) is 8.01. The number of rotatable bonds is 2. The summed E-state index contributed by atoms with van der Waals surface area (Å²) in [5.74, 6) is -0.0878. The van der Waals surface area contributed by atoms with Gasteiger partial charge in [-0.3, -0.25) is 19.3 Å². The fourth-order valence-electron chi connectivity index (χ4n) is 6.59. The van der Waals surface area contributed by atoms with Crippen molar-refractivity contribution in [1.82, 2.24) is 4.90 Å². The van der Waals surface area contributed by atoms with E-state index in [-0.39, 0.29) is 23.3 Å². The van der Waals surface area contributed by atoms with E-state index in [1.54, 1.807) is 36.0 Å². The molecule has 1 fully saturated rings. The lowest BCUT2D eigenvalue weighted by atomic mass is 9.58. The highest BCUT2D eigenvalue weighted by Gasteiger charge is 2.76. The molecule has 3 aromatic carbocycles. The summed E-state index contributed by atoms with van der Waals surface area (Å²) >= 11 is 1.59. The Kier molecular flexibility index (Phi) is 4.96. The summed E-state index contributed by atoms with van der Waals surface area (Å²) in [6.45, 7) is 4.77. The molecule has 2 heterocycles. The number of likely N-dealkylation sites (tertiary alicyclic amines) is 1. The molecule has 4 nitrogen and oxygen atoms in total. The van der Waals surface area contributed by atoms with E-state index in [9.17, 15) is 14.4 Å². The molecule has 2 atom stereocenters. The Morgan fingerprint density at radius 2 is 1.37 bits per heavy atom. The third-order valence-electron chi connectivity index (χ3n) is 8.34. The summed E-state index contributed by atoms with van der Waals surface area (Å²) < 4.78 is 0. The minimum absolute atomic E-state index is 0.0938. The molecule has 5 heteroatoms. The first-order valence-corrected chi connectivity index (χ1v) is 13.1. The van der Waals surface area contributed by atoms with E-state index in [0.29, 0.717) is 34.9 Å². The molecule has 176 valence electrons. The number of fused-ring (bicyclic) bond motifs is 3. The van der Waals surface area contributed by atoms with Crippen molar-refractivity contribution in [2.45, 2.75) is 36.1 Å². The molecule has 0 bridgehead atoms. The molecular formula is C30H27NO3S. The summed E-state index contributed by atoms with van der Waals surface area (Å²) in [7, 11) is 1.84. The molecule has 0 radical (unpaired) electrons. The van der Waals surface area contributed by atoms with Crippen molar-refractivity contribution in [3.05, 3.63) is 101 Å². The number of nitrogens with zero attached hydrogens (tertiary/aromatic N) is 1. The van der Waals surface area contributed by atoms with Crippen LogP contribution >= 0.6 is 11.8 Å². The SMILES string of the molecule is CC(C)c1ccc([C@@H]2CN(C)C3(C(=O)c4ccccc4C3=O)[C@]23CSc2ccccc2C3=O)cc1. The molecule has 1 aliphatic carbocycles. The smallest absolute Gasteiger partial charge is 0.192 e. The number of hydrogen-bond acceptors (Lipinski definition) is 5. The number of likely N-dealkylation sites (N-methyl/N-ethyl adjacent to an activating group) is 1. The number of carbonyl (C=O) groups excluding carboxylic acids is 3. The van der Waals surface area contributed by atoms with Gasteiger partial charge < -0.3 is 0 Å². The van der Waals surface area contributed by atoms with Crippen LogP contribution in [0.2, 0.25) is 0 Å². The molecule has 0 saturated carbocycles. The van der Waals surface area contributed by atoms with Crippen molar-refractivity contribution in [3.8, 4) is 0 Å². The van der Waals surface area contributed by atoms with E-state index < -0.39 is 11.0 Å². The van der Waals surface area contributed by atoms with E-state index in [1.165, 1.54) is 5.56 Å². The Hall–Kier alpha value is -3.02. The highest BCUT2D eigenvalue weighted by Crippen LogP contribution is 2.63. The quantitative estimate of drug-likeness (QED) is 0.444. The Morgan fingerprint density at radius 3 is 1.97 bits per heavy atom. The topological polar surface area (TPSA) is 54.5 Å². The third kappa shape index (κ3) is 2.71. The Labute approximate surface area is 209 Å². The summed E-state index contributed by atoms with van der Waals surface area (Å²) in [5, 5.41) is 0. The minimum Gasteiger partial charge on any atom is -0.293 e. The van der Waals surface area contributed by atoms with Crippen LogP contribution < -0.4 is 0 Å². The fraction of sp³-hybridized carbons (Fsp3) is 0.300. The normalized spacial score (nSPS) is 25.0. The molecule has 0 amide bonds. The van der Waals surface area contributed by atoms with Crippen LogP contribution in [0, 0.1) is 5.41 Å². The van der Waals surface area contributed by atoms with Gasteiger partial charge in [-0.1, -0.05) is 80.6 Å². The van der Waals surface area contributed by atoms with Gasteiger partial charge in [-0.2, -0.15) is 0 Å². The van der Waals surface area contributed by atoms with Crippen molar-refractivity contribution in [2.24, 2.45) is 5.41 Å². The standard InChI is InChI=1S/C30H27NO3S/c1-18(2)19-12-14-20(15-13-19)24-16-31(3)30(27(33)21-8-4-5-9-22(21)28(30)34)29(24)17-35-25-11-7-6-10-23(25)26(29)32/h4-15,18,24H,16-17H2,1-3H3/t24-,29+/m0/s1. The lowest BCUT2D eigenvalue weighted by molar-refractivity contribution is 0.0361. The number of ketones is 3. The van der Waals surface area contributed by atoms with Gasteiger partial charge in [0.15, 0.2) is 22.9 Å². The monoisotopic (exact) mass is 481 g/mol. The predicted octanol–water partition coefficient (Wildman–Crippen LogP) is 5.63. The Balaban J connectivity index is 1.62. The van der Waals surface area contributed by atoms with Gasteiger partial charge >= 0.3 is 0 Å². The molecule has 35 heavy (non-hydrogen) atoms. The number of benzene rings is 3. The minimum atomic E-state index is -1.55. The first-order valence-electron chi connectivity index (χ1n) is 12.1. The van der Waals surface area contributed by atoms with Gasteiger partial charge in [0.2, 0.25) is 0 Å². The second-order valence-corrected chi connectivity index (χ2v) is 11.3. The molecule has 0 N–H and O–H groups in total. The summed E-state index contributed by atoms with van der Waals surface area (Å²) in [4.78, 5) is 45.9. The number of hydrogen-bond donors (Lipinski definition) is 0. The third-order valence-corrected chi connectivity index (χ3v) is 9.61. The van der Waals surface area contributed by atoms with Crippen molar-refractivity contribution in [2.75, 3.05) is 19.3 Å². The first-order chi connectivity index (χ1) is 16.8. The number of carbonyl (C=O) groups is 3. The average Bonchev–Trinajstić information content (AvgIpc) is 3.27. The van der Waals surface area contributed by atoms with Crippen LogP contribution in [-0.2, 0) is 0 Å². The van der Waals surface area contributed by atoms with Gasteiger partial charge in [-0.05, 0) is 30.2 Å². The van der Waals surface area contributed by atoms with Crippen LogP contribution in [0.4, 0.5) is 0 Å². The second-order valence-electron chi connectivity index (χ2n) is 10.3. The highest BCUT2D eigenvalue weighted by atomic mass is 32.2. The van der Waals surface area contributed by atoms with Gasteiger partial charge in [0.1, 0.15) is 0 Å². The maximum absolute atomic E-state index is 14.6. The maximum atomic E-state index is 14.6. The molecule has 2 aliphatic heterocycles. The van der Waals surface area contributed by atoms with Crippen molar-refractivity contribution in [1.29, 1.82) is 0 Å². The van der Waals surface area contributed by atoms with Crippen LogP contribution in [0.25, 0.3) is 0 Å². The molecule has 0 aromatic heterocycles. The molecule has 0 unspecified atom stereocenters. The van der Waals surface area contributed by atoms with Crippen molar-refractivity contribution >= 4 is 29.1 Å². The van der Waals surface area contributed by atoms with Crippen molar-refractivity contribution < 1.29 is 14.4 Å². The number of Topliss-reactive ketones (excluding diaryl/α,β-unsaturated/α-hetero) is 3. The first kappa shape index (κ1) is 22.4. The molecule has 3 aliphatic rings. The Bertz CT molecular complexity index is 1360. The van der Waals surface area contributed by atoms with E-state index in [2.05, 4.69) is 38.1 Å². The predicted molar refractivity (Wildman–Crippen MR) is 138 cm³/mol. The van der Waals surface area contributed by atoms with Gasteiger partial charge in [-0.15, -0.1) is 11.8 Å². The second kappa shape index (κ2) is 7.74. The lowest BCUT2D eigenvalue weighted by Gasteiger charge is -2.47. The lowest BCUT2D eigenvalue weighted by Crippen LogP contribution is -2.66. The number of thioether (sulfide) groups is 1. The molecule has 6 rings (SSSR count). The van der Waals surface area contributed by atoms with Crippen LogP contribution in [0.15, 0.2) is 77.7 Å². The Morgan fingerprint density at radius 1 is 0.800 bits per heavy atom. The summed E-state index contributed by atoms with van der Waals surface area (Å²) in [5.41, 5.74) is 0.941. The molecule has 1 saturated heterocycles. The molecular weight excluding hydrogens is 454 g/mol. The van der Waals surface area contributed by atoms with Crippen LogP contribution in [0.5, 0.6) is 0 Å². The van der Waals surface area contributed by atoms with Crippen molar-refractivity contribution in [3.63, 3.8) is 0 Å². The maximum Gasteiger partial charge on any atom is 0.192 e. The molecule has 2 spiro atoms. The highest BCUT2D eigenvalue weighted by molar-refractivity contribution is 7.99. The van der Waals surface area contributed by atoms with Crippen LogP contribution in [0.1, 0.15) is 67.9 Å². The average molecular weight is 482 g/mol. The van der Waals surface area contributed by atoms with E-state index in [0.717, 1.165) is 10.5 Å². The van der Waals surface area contributed by atoms with E-state index in [1.807, 2.05) is 36.2 Å². The van der Waals surface area contributed by atoms with Gasteiger partial charge in [0, 0.05) is 39.8 Å². The zero-order valence-corrected chi connectivity index (χ0v) is 20.9. The largest absolute Gasteiger partial charge is 0.293 e. The van der Waals surface area contributed by atoms with Crippen LogP contribution in [0.3, 0.4) is 0 Å². The summed E-state index contributed by atoms with van der Waals surface area (Å²) in [6, 6.07) is 23.0. The zero-order chi connectivity index (χ0) is 24.5. The van der Waals surface area contributed by atoms with Gasteiger partial charge in [0.25, 0.3) is 0 Å². The summed E-state index contributed by atoms with van der Waals surface area (Å²) in [6.07, 6.45) is 0. The molecule has 3 aromatic rings.